The molecule has 3 nitrogen and oxygen atoms in total. The first-order chi connectivity index (χ1) is 9.02. The van der Waals surface area contributed by atoms with Crippen LogP contribution < -0.4 is 10.6 Å². The largest absolute Gasteiger partial charge is 0.373 e. The van der Waals surface area contributed by atoms with Gasteiger partial charge in [-0.3, -0.25) is 0 Å². The van der Waals surface area contributed by atoms with Crippen molar-refractivity contribution in [2.45, 2.75) is 51.9 Å². The molecule has 1 aliphatic heterocycles. The molecule has 0 spiro atoms. The van der Waals surface area contributed by atoms with Crippen molar-refractivity contribution in [1.29, 1.82) is 0 Å². The quantitative estimate of drug-likeness (QED) is 0.906. The number of nitrogens with two attached hydrogens (primary N) is 1. The molecule has 3 unspecified atom stereocenters. The first kappa shape index (κ1) is 14.4. The molecule has 1 heterocycles. The molecule has 1 aliphatic rings. The Kier molecular flexibility index (Phi) is 4.48. The zero-order valence-corrected chi connectivity index (χ0v) is 12.5. The van der Waals surface area contributed by atoms with Gasteiger partial charge < -0.3 is 15.4 Å². The zero-order chi connectivity index (χ0) is 14.0. The molecule has 0 aromatic heterocycles. The highest BCUT2D eigenvalue weighted by molar-refractivity contribution is 5.54. The van der Waals surface area contributed by atoms with Crippen LogP contribution in [0.1, 0.15) is 30.9 Å². The van der Waals surface area contributed by atoms with Crippen LogP contribution in [0.15, 0.2) is 18.2 Å². The molecule has 0 aliphatic carbocycles. The summed E-state index contributed by atoms with van der Waals surface area (Å²) in [4.78, 5) is 2.29. The Labute approximate surface area is 116 Å². The first-order valence-corrected chi connectivity index (χ1v) is 7.18. The SMILES string of the molecule is Cc1ccc(N(C)C(CN)C2CCC(C)O2)c(C)c1. The number of likely N-dealkylation sites (N-methyl/N-ethyl adjacent to an activating group) is 1. The number of hydrogen-bond acceptors (Lipinski definition) is 3. The number of benzene rings is 1. The second-order valence-corrected chi connectivity index (χ2v) is 5.77. The summed E-state index contributed by atoms with van der Waals surface area (Å²) in [5.41, 5.74) is 9.84. The van der Waals surface area contributed by atoms with Gasteiger partial charge in [0, 0.05) is 19.3 Å². The van der Waals surface area contributed by atoms with Crippen molar-refractivity contribution in [3.05, 3.63) is 29.3 Å². The van der Waals surface area contributed by atoms with Crippen molar-refractivity contribution in [1.82, 2.24) is 0 Å². The Morgan fingerprint density at radius 3 is 2.63 bits per heavy atom. The van der Waals surface area contributed by atoms with E-state index >= 15 is 0 Å². The molecule has 0 saturated carbocycles. The Morgan fingerprint density at radius 2 is 2.11 bits per heavy atom. The van der Waals surface area contributed by atoms with Gasteiger partial charge in [-0.15, -0.1) is 0 Å². The van der Waals surface area contributed by atoms with Crippen LogP contribution in [0.2, 0.25) is 0 Å². The molecule has 3 atom stereocenters. The number of nitrogens with zero attached hydrogens (tertiary/aromatic N) is 1. The molecule has 3 heteroatoms. The van der Waals surface area contributed by atoms with E-state index < -0.39 is 0 Å². The molecule has 0 bridgehead atoms. The summed E-state index contributed by atoms with van der Waals surface area (Å²) in [6.07, 6.45) is 2.87. The van der Waals surface area contributed by atoms with E-state index in [4.69, 9.17) is 10.5 Å². The fourth-order valence-electron chi connectivity index (χ4n) is 3.06. The highest BCUT2D eigenvalue weighted by Crippen LogP contribution is 2.28. The third kappa shape index (κ3) is 3.10. The van der Waals surface area contributed by atoms with Crippen LogP contribution in [-0.2, 0) is 4.74 Å². The number of hydrogen-bond donors (Lipinski definition) is 1. The third-order valence-electron chi connectivity index (χ3n) is 4.17. The number of rotatable bonds is 4. The van der Waals surface area contributed by atoms with E-state index in [9.17, 15) is 0 Å². The van der Waals surface area contributed by atoms with Crippen LogP contribution in [0.25, 0.3) is 0 Å². The van der Waals surface area contributed by atoms with Gasteiger partial charge in [0.2, 0.25) is 0 Å². The number of aryl methyl sites for hydroxylation is 2. The summed E-state index contributed by atoms with van der Waals surface area (Å²) < 4.78 is 6.00. The minimum Gasteiger partial charge on any atom is -0.373 e. The van der Waals surface area contributed by atoms with Gasteiger partial charge in [-0.2, -0.15) is 0 Å². The second kappa shape index (κ2) is 5.93. The van der Waals surface area contributed by atoms with E-state index in [-0.39, 0.29) is 12.1 Å². The fourth-order valence-corrected chi connectivity index (χ4v) is 3.06. The molecular formula is C16H26N2O. The normalized spacial score (nSPS) is 24.5. The van der Waals surface area contributed by atoms with E-state index in [0.717, 1.165) is 12.8 Å². The molecule has 106 valence electrons. The van der Waals surface area contributed by atoms with Crippen molar-refractivity contribution < 1.29 is 4.74 Å². The summed E-state index contributed by atoms with van der Waals surface area (Å²) in [6.45, 7) is 7.05. The van der Waals surface area contributed by atoms with Gasteiger partial charge in [-0.1, -0.05) is 17.7 Å². The van der Waals surface area contributed by atoms with Gasteiger partial charge in [0.25, 0.3) is 0 Å². The lowest BCUT2D eigenvalue weighted by Gasteiger charge is -2.34. The Balaban J connectivity index is 2.18. The highest BCUT2D eigenvalue weighted by Gasteiger charge is 2.31. The summed E-state index contributed by atoms with van der Waals surface area (Å²) in [5, 5.41) is 0. The maximum absolute atomic E-state index is 6.00. The molecule has 1 aromatic carbocycles. The van der Waals surface area contributed by atoms with E-state index in [1.54, 1.807) is 0 Å². The van der Waals surface area contributed by atoms with Gasteiger partial charge >= 0.3 is 0 Å². The van der Waals surface area contributed by atoms with Crippen molar-refractivity contribution in [2.75, 3.05) is 18.5 Å². The summed E-state index contributed by atoms with van der Waals surface area (Å²) in [6, 6.07) is 6.82. The molecule has 1 saturated heterocycles. The van der Waals surface area contributed by atoms with Crippen LogP contribution in [0.5, 0.6) is 0 Å². The average molecular weight is 262 g/mol. The van der Waals surface area contributed by atoms with E-state index in [1.807, 2.05) is 0 Å². The Morgan fingerprint density at radius 1 is 1.37 bits per heavy atom. The molecule has 1 aromatic rings. The summed E-state index contributed by atoms with van der Waals surface area (Å²) >= 11 is 0. The van der Waals surface area contributed by atoms with E-state index in [0.29, 0.717) is 12.6 Å². The predicted molar refractivity (Wildman–Crippen MR) is 80.7 cm³/mol. The standard InChI is InChI=1S/C16H26N2O/c1-11-5-7-14(12(2)9-11)18(4)15(10-17)16-8-6-13(3)19-16/h5,7,9,13,15-16H,6,8,10,17H2,1-4H3. The molecule has 1 fully saturated rings. The van der Waals surface area contributed by atoms with Gasteiger partial charge in [0.1, 0.15) is 0 Å². The van der Waals surface area contributed by atoms with Crippen molar-refractivity contribution in [3.8, 4) is 0 Å². The minimum atomic E-state index is 0.255. The van der Waals surface area contributed by atoms with Crippen LogP contribution in [0, 0.1) is 13.8 Å². The van der Waals surface area contributed by atoms with Crippen molar-refractivity contribution in [2.24, 2.45) is 5.73 Å². The Hall–Kier alpha value is -1.06. The molecule has 2 N–H and O–H groups in total. The zero-order valence-electron chi connectivity index (χ0n) is 12.5. The van der Waals surface area contributed by atoms with E-state index in [2.05, 4.69) is 50.9 Å². The lowest BCUT2D eigenvalue weighted by molar-refractivity contribution is 0.0411. The lowest BCUT2D eigenvalue weighted by atomic mass is 10.0. The molecule has 0 amide bonds. The van der Waals surface area contributed by atoms with Gasteiger partial charge in [-0.25, -0.2) is 0 Å². The predicted octanol–water partition coefficient (Wildman–Crippen LogP) is 2.63. The van der Waals surface area contributed by atoms with Gasteiger partial charge in [-0.05, 0) is 45.2 Å². The minimum absolute atomic E-state index is 0.255. The molecule has 0 radical (unpaired) electrons. The van der Waals surface area contributed by atoms with Crippen LogP contribution in [0.3, 0.4) is 0 Å². The lowest BCUT2D eigenvalue weighted by Crippen LogP contribution is -2.47. The number of ether oxygens (including phenoxy) is 1. The van der Waals surface area contributed by atoms with Crippen LogP contribution >= 0.6 is 0 Å². The Bertz CT molecular complexity index is 433. The van der Waals surface area contributed by atoms with Crippen molar-refractivity contribution >= 4 is 5.69 Å². The molecule has 19 heavy (non-hydrogen) atoms. The summed E-state index contributed by atoms with van der Waals surface area (Å²) in [5.74, 6) is 0. The topological polar surface area (TPSA) is 38.5 Å². The maximum atomic E-state index is 6.00. The highest BCUT2D eigenvalue weighted by atomic mass is 16.5. The second-order valence-electron chi connectivity index (χ2n) is 5.77. The van der Waals surface area contributed by atoms with Crippen LogP contribution in [-0.4, -0.2) is 31.8 Å². The van der Waals surface area contributed by atoms with Gasteiger partial charge in [0.05, 0.1) is 18.2 Å². The smallest absolute Gasteiger partial charge is 0.0794 e. The number of anilines is 1. The fraction of sp³-hybridized carbons (Fsp3) is 0.625. The van der Waals surface area contributed by atoms with Gasteiger partial charge in [0.15, 0.2) is 0 Å². The molecular weight excluding hydrogens is 236 g/mol. The monoisotopic (exact) mass is 262 g/mol. The third-order valence-corrected chi connectivity index (χ3v) is 4.17. The molecule has 2 rings (SSSR count). The van der Waals surface area contributed by atoms with Crippen LogP contribution in [0.4, 0.5) is 5.69 Å². The van der Waals surface area contributed by atoms with E-state index in [1.165, 1.54) is 16.8 Å². The maximum Gasteiger partial charge on any atom is 0.0794 e. The summed E-state index contributed by atoms with van der Waals surface area (Å²) in [7, 11) is 2.13. The van der Waals surface area contributed by atoms with Crippen molar-refractivity contribution in [3.63, 3.8) is 0 Å². The average Bonchev–Trinajstić information content (AvgIpc) is 2.76. The first-order valence-electron chi connectivity index (χ1n) is 7.18.